The topological polar surface area (TPSA) is 68.3 Å². The van der Waals surface area contributed by atoms with E-state index in [0.717, 1.165) is 5.56 Å². The fourth-order valence-electron chi connectivity index (χ4n) is 5.02. The molecule has 1 aromatic rings. The summed E-state index contributed by atoms with van der Waals surface area (Å²) in [6.45, 7) is 12.3. The quantitative estimate of drug-likeness (QED) is 0.296. The fourth-order valence-corrected chi connectivity index (χ4v) is 5.02. The molecule has 0 heterocycles. The number of Topliss-reactive ketones (excluding diaryl/α,β-unsaturated/α-hetero) is 4. The van der Waals surface area contributed by atoms with Crippen LogP contribution in [0.5, 0.6) is 0 Å². The number of hydrogen-bond acceptors (Lipinski definition) is 4. The second-order valence-electron chi connectivity index (χ2n) is 11.6. The summed E-state index contributed by atoms with van der Waals surface area (Å²) in [5, 5.41) is 0. The Morgan fingerprint density at radius 2 is 1.34 bits per heavy atom. The van der Waals surface area contributed by atoms with Crippen LogP contribution in [0.1, 0.15) is 92.1 Å². The molecule has 1 aliphatic rings. The number of carbonyl (C=O) groups is 4. The molecule has 35 heavy (non-hydrogen) atoms. The Morgan fingerprint density at radius 1 is 0.829 bits per heavy atom. The minimum atomic E-state index is -1.37. The molecule has 2 atom stereocenters. The highest BCUT2D eigenvalue weighted by Crippen LogP contribution is 2.45. The number of hydrogen-bond donors (Lipinski definition) is 0. The smallest absolute Gasteiger partial charge is 0.164 e. The highest BCUT2D eigenvalue weighted by atomic mass is 19.1. The molecule has 4 nitrogen and oxygen atoms in total. The van der Waals surface area contributed by atoms with Crippen LogP contribution >= 0.6 is 0 Å². The van der Waals surface area contributed by atoms with E-state index in [1.807, 2.05) is 13.8 Å². The predicted octanol–water partition coefficient (Wildman–Crippen LogP) is 6.58. The monoisotopic (exact) mass is 486 g/mol. The zero-order chi connectivity index (χ0) is 26.3. The number of halogens is 1. The lowest BCUT2D eigenvalue weighted by molar-refractivity contribution is -0.160. The number of ketones is 4. The van der Waals surface area contributed by atoms with Gasteiger partial charge < -0.3 is 0 Å². The lowest BCUT2D eigenvalue weighted by atomic mass is 9.57. The van der Waals surface area contributed by atoms with Crippen molar-refractivity contribution in [3.8, 4) is 0 Å². The summed E-state index contributed by atoms with van der Waals surface area (Å²) < 4.78 is 13.2. The van der Waals surface area contributed by atoms with Crippen LogP contribution in [0.3, 0.4) is 0 Å². The number of carbonyl (C=O) groups excluding carboxylic acids is 4. The Labute approximate surface area is 210 Å². The van der Waals surface area contributed by atoms with E-state index < -0.39 is 34.6 Å². The van der Waals surface area contributed by atoms with E-state index in [0.29, 0.717) is 62.7 Å². The minimum Gasteiger partial charge on any atom is -0.298 e. The van der Waals surface area contributed by atoms with Gasteiger partial charge in [-0.25, -0.2) is 4.39 Å². The predicted molar refractivity (Wildman–Crippen MR) is 136 cm³/mol. The molecule has 0 aliphatic heterocycles. The third-order valence-corrected chi connectivity index (χ3v) is 7.37. The first kappa shape index (κ1) is 29.1. The van der Waals surface area contributed by atoms with Crippen LogP contribution in [0, 0.1) is 40.8 Å². The van der Waals surface area contributed by atoms with Crippen molar-refractivity contribution in [2.24, 2.45) is 35.0 Å². The van der Waals surface area contributed by atoms with Gasteiger partial charge >= 0.3 is 0 Å². The zero-order valence-corrected chi connectivity index (χ0v) is 22.4. The van der Waals surface area contributed by atoms with Gasteiger partial charge in [0.05, 0.1) is 11.3 Å². The average molecular weight is 487 g/mol. The summed E-state index contributed by atoms with van der Waals surface area (Å²) in [4.78, 5) is 54.8. The molecule has 194 valence electrons. The van der Waals surface area contributed by atoms with Gasteiger partial charge in [-0.3, -0.25) is 19.2 Å². The van der Waals surface area contributed by atoms with Crippen molar-refractivity contribution >= 4 is 23.1 Å². The molecule has 5 heteroatoms. The molecular weight excluding hydrogens is 443 g/mol. The van der Waals surface area contributed by atoms with Crippen molar-refractivity contribution in [1.82, 2.24) is 0 Å². The van der Waals surface area contributed by atoms with Crippen LogP contribution in [0.25, 0.3) is 0 Å². The van der Waals surface area contributed by atoms with Gasteiger partial charge in [-0.1, -0.05) is 53.7 Å². The summed E-state index contributed by atoms with van der Waals surface area (Å²) in [5.74, 6) is -3.36. The lowest BCUT2D eigenvalue weighted by Gasteiger charge is -2.41. The van der Waals surface area contributed by atoms with Crippen LogP contribution < -0.4 is 0 Å². The molecule has 0 bridgehead atoms. The molecule has 1 saturated carbocycles. The first-order valence-corrected chi connectivity index (χ1v) is 13.3. The molecule has 0 amide bonds. The third kappa shape index (κ3) is 7.41. The SMILES string of the molecule is CC(C)CCC1C(=O)C(C(=O)CCc2ccc(F)cc2)C(=O)C(CCC(C)C)(CCC(C)C)C1=O. The van der Waals surface area contributed by atoms with Gasteiger partial charge in [-0.05, 0) is 80.4 Å². The van der Waals surface area contributed by atoms with E-state index in [4.69, 9.17) is 0 Å². The van der Waals surface area contributed by atoms with E-state index in [-0.39, 0.29) is 18.0 Å². The highest BCUT2D eigenvalue weighted by molar-refractivity contribution is 6.33. The lowest BCUT2D eigenvalue weighted by Crippen LogP contribution is -2.58. The van der Waals surface area contributed by atoms with Gasteiger partial charge in [0, 0.05) is 6.42 Å². The zero-order valence-electron chi connectivity index (χ0n) is 22.4. The maximum absolute atomic E-state index is 14.0. The molecule has 2 unspecified atom stereocenters. The van der Waals surface area contributed by atoms with Crippen LogP contribution in [0.2, 0.25) is 0 Å². The second-order valence-corrected chi connectivity index (χ2v) is 11.6. The minimum absolute atomic E-state index is 0.0172. The molecule has 0 spiro atoms. The fraction of sp³-hybridized carbons (Fsp3) is 0.667. The van der Waals surface area contributed by atoms with Gasteiger partial charge in [0.1, 0.15) is 11.7 Å². The van der Waals surface area contributed by atoms with Crippen molar-refractivity contribution in [2.75, 3.05) is 0 Å². The first-order chi connectivity index (χ1) is 16.4. The molecule has 0 aromatic heterocycles. The van der Waals surface area contributed by atoms with Crippen LogP contribution in [0.15, 0.2) is 24.3 Å². The van der Waals surface area contributed by atoms with E-state index in [2.05, 4.69) is 27.7 Å². The van der Waals surface area contributed by atoms with Gasteiger partial charge in [0.15, 0.2) is 23.1 Å². The van der Waals surface area contributed by atoms with Crippen molar-refractivity contribution in [3.05, 3.63) is 35.6 Å². The number of aryl methyl sites for hydroxylation is 1. The first-order valence-electron chi connectivity index (χ1n) is 13.3. The molecule has 0 N–H and O–H groups in total. The number of rotatable bonds is 13. The van der Waals surface area contributed by atoms with Crippen molar-refractivity contribution in [1.29, 1.82) is 0 Å². The summed E-state index contributed by atoms with van der Waals surface area (Å²) in [7, 11) is 0. The van der Waals surface area contributed by atoms with Gasteiger partial charge in [-0.2, -0.15) is 0 Å². The van der Waals surface area contributed by atoms with Crippen molar-refractivity contribution in [2.45, 2.75) is 92.9 Å². The number of benzene rings is 1. The van der Waals surface area contributed by atoms with Gasteiger partial charge in [0.25, 0.3) is 0 Å². The third-order valence-electron chi connectivity index (χ3n) is 7.37. The summed E-state index contributed by atoms with van der Waals surface area (Å²) in [5.41, 5.74) is -0.492. The molecule has 2 rings (SSSR count). The maximum atomic E-state index is 14.0. The van der Waals surface area contributed by atoms with Gasteiger partial charge in [0.2, 0.25) is 0 Å². The molecular formula is C30H43FO4. The van der Waals surface area contributed by atoms with Crippen molar-refractivity contribution < 1.29 is 23.6 Å². The van der Waals surface area contributed by atoms with E-state index >= 15 is 0 Å². The molecule has 1 aromatic carbocycles. The van der Waals surface area contributed by atoms with E-state index in [9.17, 15) is 23.6 Å². The maximum Gasteiger partial charge on any atom is 0.164 e. The Morgan fingerprint density at radius 3 is 1.83 bits per heavy atom. The van der Waals surface area contributed by atoms with E-state index in [1.54, 1.807) is 12.1 Å². The molecule has 0 radical (unpaired) electrons. The van der Waals surface area contributed by atoms with Crippen LogP contribution in [-0.4, -0.2) is 23.1 Å². The Hall–Kier alpha value is -2.17. The summed E-state index contributed by atoms with van der Waals surface area (Å²) in [6.07, 6.45) is 3.58. The largest absolute Gasteiger partial charge is 0.298 e. The Kier molecular flexibility index (Phi) is 10.5. The highest BCUT2D eigenvalue weighted by Gasteiger charge is 2.59. The second kappa shape index (κ2) is 12.7. The van der Waals surface area contributed by atoms with E-state index in [1.165, 1.54) is 12.1 Å². The van der Waals surface area contributed by atoms with Crippen molar-refractivity contribution in [3.63, 3.8) is 0 Å². The molecule has 1 fully saturated rings. The van der Waals surface area contributed by atoms with Crippen LogP contribution in [-0.2, 0) is 25.6 Å². The molecule has 1 aliphatic carbocycles. The summed E-state index contributed by atoms with van der Waals surface area (Å²) >= 11 is 0. The van der Waals surface area contributed by atoms with Gasteiger partial charge in [-0.15, -0.1) is 0 Å². The molecule has 0 saturated heterocycles. The Balaban J connectivity index is 2.42. The normalized spacial score (nSPS) is 20.3. The standard InChI is InChI=1S/C30H43FO4/c1-19(2)7-13-24-27(33)26(25(32)14-10-22-8-11-23(31)12-9-22)29(35)30(28(24)34,17-15-20(3)4)18-16-21(5)6/h8-9,11-12,19-21,24,26H,7,10,13-18H2,1-6H3. The van der Waals surface area contributed by atoms with Crippen LogP contribution in [0.4, 0.5) is 4.39 Å². The Bertz CT molecular complexity index is 885. The summed E-state index contributed by atoms with van der Waals surface area (Å²) in [6, 6.07) is 5.88. The average Bonchev–Trinajstić information content (AvgIpc) is 2.78.